The van der Waals surface area contributed by atoms with Crippen molar-refractivity contribution in [3.63, 3.8) is 0 Å². The Kier molecular flexibility index (Phi) is 9.32. The summed E-state index contributed by atoms with van der Waals surface area (Å²) in [4.78, 5) is 24.0. The zero-order valence-electron chi connectivity index (χ0n) is 21.0. The minimum Gasteiger partial charge on any atom is -0.550 e. The number of carboxylic acid groups (broad SMARTS) is 1. The highest BCUT2D eigenvalue weighted by Crippen LogP contribution is 2.28. The second kappa shape index (κ2) is 12.4. The molecular formula is C28H31FN3O5-. The standard InChI is InChI=1S/C28H32FN3O5/c1-17(2)26-24(13-12-22(33)14-23(34)15-25(35)36)32(21-10-8-20(29)9-11-21)31-27(26)28(37)30-16-19-7-5-4-6-18(19)3/h4-13,17,22-23,33-34H,14-16H2,1-3H3,(H,30,37)(H,35,36)/p-1/b13-12+/t22-,23-/m1/s1. The Balaban J connectivity index is 1.98. The number of aromatic nitrogens is 2. The van der Waals surface area contributed by atoms with Gasteiger partial charge in [-0.2, -0.15) is 5.10 Å². The van der Waals surface area contributed by atoms with Gasteiger partial charge in [-0.1, -0.05) is 44.2 Å². The van der Waals surface area contributed by atoms with Crippen molar-refractivity contribution in [2.75, 3.05) is 0 Å². The molecular weight excluding hydrogens is 477 g/mol. The fraction of sp³-hybridized carbons (Fsp3) is 0.321. The summed E-state index contributed by atoms with van der Waals surface area (Å²) in [6, 6.07) is 13.3. The van der Waals surface area contributed by atoms with Gasteiger partial charge in [-0.15, -0.1) is 0 Å². The number of benzene rings is 2. The van der Waals surface area contributed by atoms with Gasteiger partial charge in [0.05, 0.1) is 23.6 Å². The Hall–Kier alpha value is -3.82. The predicted molar refractivity (Wildman–Crippen MR) is 135 cm³/mol. The molecule has 0 aliphatic heterocycles. The fourth-order valence-corrected chi connectivity index (χ4v) is 4.02. The van der Waals surface area contributed by atoms with Crippen LogP contribution in [0, 0.1) is 12.7 Å². The third kappa shape index (κ3) is 7.34. The molecule has 3 rings (SSSR count). The summed E-state index contributed by atoms with van der Waals surface area (Å²) in [6.07, 6.45) is -0.281. The van der Waals surface area contributed by atoms with Crippen molar-refractivity contribution in [2.45, 2.75) is 58.3 Å². The summed E-state index contributed by atoms with van der Waals surface area (Å²) in [5.74, 6) is -2.37. The topological polar surface area (TPSA) is 128 Å². The number of carbonyl (C=O) groups excluding carboxylic acids is 2. The van der Waals surface area contributed by atoms with Crippen LogP contribution in [0.1, 0.15) is 65.5 Å². The number of aliphatic hydroxyl groups is 2. The van der Waals surface area contributed by atoms with Crippen molar-refractivity contribution in [2.24, 2.45) is 0 Å². The van der Waals surface area contributed by atoms with E-state index in [2.05, 4.69) is 10.4 Å². The van der Waals surface area contributed by atoms with E-state index in [9.17, 15) is 29.3 Å². The van der Waals surface area contributed by atoms with Crippen molar-refractivity contribution in [1.29, 1.82) is 0 Å². The second-order valence-electron chi connectivity index (χ2n) is 9.19. The van der Waals surface area contributed by atoms with Crippen molar-refractivity contribution < 1.29 is 29.3 Å². The number of hydrogen-bond acceptors (Lipinski definition) is 6. The number of aryl methyl sites for hydroxylation is 1. The average Bonchev–Trinajstić information content (AvgIpc) is 3.22. The molecule has 1 heterocycles. The molecule has 3 aromatic rings. The van der Waals surface area contributed by atoms with Crippen LogP contribution < -0.4 is 10.4 Å². The zero-order valence-corrected chi connectivity index (χ0v) is 21.0. The number of amides is 1. The molecule has 196 valence electrons. The first kappa shape index (κ1) is 27.8. The van der Waals surface area contributed by atoms with Crippen LogP contribution in [-0.4, -0.2) is 44.1 Å². The number of rotatable bonds is 11. The molecule has 0 aliphatic rings. The van der Waals surface area contributed by atoms with Crippen molar-refractivity contribution >= 4 is 18.0 Å². The van der Waals surface area contributed by atoms with Crippen LogP contribution in [0.3, 0.4) is 0 Å². The van der Waals surface area contributed by atoms with E-state index in [1.165, 1.54) is 35.0 Å². The normalized spacial score (nSPS) is 13.2. The van der Waals surface area contributed by atoms with Crippen molar-refractivity contribution in [3.05, 3.63) is 88.5 Å². The number of nitrogens with zero attached hydrogens (tertiary/aromatic N) is 2. The first-order valence-electron chi connectivity index (χ1n) is 12.0. The molecule has 0 saturated carbocycles. The molecule has 9 heteroatoms. The van der Waals surface area contributed by atoms with Gasteiger partial charge in [-0.05, 0) is 54.3 Å². The van der Waals surface area contributed by atoms with Crippen LogP contribution in [0.5, 0.6) is 0 Å². The maximum atomic E-state index is 13.6. The summed E-state index contributed by atoms with van der Waals surface area (Å²) < 4.78 is 15.1. The van der Waals surface area contributed by atoms with E-state index in [1.807, 2.05) is 45.0 Å². The lowest BCUT2D eigenvalue weighted by atomic mass is 9.98. The third-order valence-electron chi connectivity index (χ3n) is 5.92. The van der Waals surface area contributed by atoms with Gasteiger partial charge in [0.15, 0.2) is 5.69 Å². The van der Waals surface area contributed by atoms with Crippen molar-refractivity contribution in [1.82, 2.24) is 15.1 Å². The van der Waals surface area contributed by atoms with E-state index in [-0.39, 0.29) is 23.9 Å². The molecule has 0 spiro atoms. The maximum absolute atomic E-state index is 13.6. The number of aliphatic carboxylic acids is 1. The summed E-state index contributed by atoms with van der Waals surface area (Å²) in [5, 5.41) is 38.3. The SMILES string of the molecule is Cc1ccccc1CNC(=O)c1nn(-c2ccc(F)cc2)c(/C=C/[C@@H](O)C[C@@H](O)CC(=O)[O-])c1C(C)C. The molecule has 2 atom stereocenters. The molecule has 3 N–H and O–H groups in total. The van der Waals surface area contributed by atoms with E-state index >= 15 is 0 Å². The van der Waals surface area contributed by atoms with Crippen LogP contribution >= 0.6 is 0 Å². The highest BCUT2D eigenvalue weighted by Gasteiger charge is 2.25. The average molecular weight is 509 g/mol. The lowest BCUT2D eigenvalue weighted by molar-refractivity contribution is -0.307. The van der Waals surface area contributed by atoms with E-state index in [4.69, 9.17) is 0 Å². The van der Waals surface area contributed by atoms with Crippen LogP contribution in [0.15, 0.2) is 54.6 Å². The van der Waals surface area contributed by atoms with Gasteiger partial charge in [0.25, 0.3) is 5.91 Å². The minimum absolute atomic E-state index is 0.145. The summed E-state index contributed by atoms with van der Waals surface area (Å²) in [5.41, 5.74) is 3.83. The highest BCUT2D eigenvalue weighted by atomic mass is 19.1. The highest BCUT2D eigenvalue weighted by molar-refractivity contribution is 5.95. The van der Waals surface area contributed by atoms with Crippen LogP contribution in [0.25, 0.3) is 11.8 Å². The largest absolute Gasteiger partial charge is 0.550 e. The Morgan fingerprint density at radius 1 is 1.14 bits per heavy atom. The number of aliphatic hydroxyl groups excluding tert-OH is 2. The molecule has 8 nitrogen and oxygen atoms in total. The van der Waals surface area contributed by atoms with Gasteiger partial charge in [0.1, 0.15) is 5.82 Å². The molecule has 1 aromatic heterocycles. The molecule has 2 aromatic carbocycles. The number of carbonyl (C=O) groups is 2. The fourth-order valence-electron chi connectivity index (χ4n) is 4.02. The quantitative estimate of drug-likeness (QED) is 0.365. The Morgan fingerprint density at radius 3 is 2.43 bits per heavy atom. The Bertz CT molecular complexity index is 1270. The van der Waals surface area contributed by atoms with Gasteiger partial charge in [0, 0.05) is 30.9 Å². The first-order chi connectivity index (χ1) is 17.6. The molecule has 1 amide bonds. The molecule has 0 aliphatic carbocycles. The van der Waals surface area contributed by atoms with Gasteiger partial charge < -0.3 is 25.4 Å². The van der Waals surface area contributed by atoms with E-state index < -0.39 is 30.4 Å². The summed E-state index contributed by atoms with van der Waals surface area (Å²) in [7, 11) is 0. The van der Waals surface area contributed by atoms with Crippen LogP contribution in [0.2, 0.25) is 0 Å². The maximum Gasteiger partial charge on any atom is 0.272 e. The molecule has 0 fully saturated rings. The number of carboxylic acids is 1. The lowest BCUT2D eigenvalue weighted by Crippen LogP contribution is -2.29. The monoisotopic (exact) mass is 508 g/mol. The van der Waals surface area contributed by atoms with Crippen LogP contribution in [-0.2, 0) is 11.3 Å². The second-order valence-corrected chi connectivity index (χ2v) is 9.19. The van der Waals surface area contributed by atoms with Gasteiger partial charge in [0.2, 0.25) is 0 Å². The summed E-state index contributed by atoms with van der Waals surface area (Å²) in [6.45, 7) is 6.08. The first-order valence-corrected chi connectivity index (χ1v) is 12.0. The molecule has 37 heavy (non-hydrogen) atoms. The smallest absolute Gasteiger partial charge is 0.272 e. The van der Waals surface area contributed by atoms with Gasteiger partial charge >= 0.3 is 0 Å². The van der Waals surface area contributed by atoms with E-state index in [1.54, 1.807) is 6.08 Å². The zero-order chi connectivity index (χ0) is 27.1. The molecule has 0 radical (unpaired) electrons. The van der Waals surface area contributed by atoms with Crippen molar-refractivity contribution in [3.8, 4) is 5.69 Å². The predicted octanol–water partition coefficient (Wildman–Crippen LogP) is 2.64. The minimum atomic E-state index is -1.42. The van der Waals surface area contributed by atoms with Gasteiger partial charge in [-0.3, -0.25) is 4.79 Å². The Morgan fingerprint density at radius 2 is 1.81 bits per heavy atom. The molecule has 0 saturated heterocycles. The number of halogens is 1. The number of hydrogen-bond donors (Lipinski definition) is 3. The third-order valence-corrected chi connectivity index (χ3v) is 5.92. The van der Waals surface area contributed by atoms with Crippen LogP contribution in [0.4, 0.5) is 4.39 Å². The summed E-state index contributed by atoms with van der Waals surface area (Å²) >= 11 is 0. The van der Waals surface area contributed by atoms with Gasteiger partial charge in [-0.25, -0.2) is 9.07 Å². The van der Waals surface area contributed by atoms with E-state index in [0.717, 1.165) is 11.1 Å². The number of nitrogens with one attached hydrogen (secondary N) is 1. The van der Waals surface area contributed by atoms with E-state index in [0.29, 0.717) is 23.5 Å². The molecule has 0 bridgehead atoms. The molecule has 0 unspecified atom stereocenters. The Labute approximate surface area is 215 Å². The lowest BCUT2D eigenvalue weighted by Gasteiger charge is -2.14.